The van der Waals surface area contributed by atoms with Crippen molar-refractivity contribution < 1.29 is 9.53 Å². The lowest BCUT2D eigenvalue weighted by Gasteiger charge is -2.21. The van der Waals surface area contributed by atoms with E-state index in [1.54, 1.807) is 6.08 Å². The molecule has 0 saturated carbocycles. The fraction of sp³-hybridized carbons (Fsp3) is 0.333. The van der Waals surface area contributed by atoms with Crippen molar-refractivity contribution >= 4 is 11.6 Å². The minimum atomic E-state index is -0.170. The number of aliphatic imine (C=N–C) groups is 1. The highest BCUT2D eigenvalue weighted by Crippen LogP contribution is 2.25. The van der Waals surface area contributed by atoms with Gasteiger partial charge in [0, 0.05) is 12.0 Å². The lowest BCUT2D eigenvalue weighted by atomic mass is 9.88. The summed E-state index contributed by atoms with van der Waals surface area (Å²) in [5.41, 5.74) is 1.83. The van der Waals surface area contributed by atoms with E-state index in [1.807, 2.05) is 32.1 Å². The minimum absolute atomic E-state index is 0.106. The summed E-state index contributed by atoms with van der Waals surface area (Å²) >= 11 is 0. The lowest BCUT2D eigenvalue weighted by Crippen LogP contribution is -2.21. The number of allylic oxidation sites excluding steroid dienone is 4. The molecule has 0 fully saturated rings. The Balaban J connectivity index is 2.29. The highest BCUT2D eigenvalue weighted by Gasteiger charge is 2.23. The van der Waals surface area contributed by atoms with Crippen LogP contribution in [-0.2, 0) is 9.53 Å². The molecule has 1 aliphatic heterocycles. The number of carbonyl (C=O) groups excluding carboxylic acids is 1. The second-order valence-corrected chi connectivity index (χ2v) is 3.58. The van der Waals surface area contributed by atoms with Crippen LogP contribution in [0.2, 0.25) is 0 Å². The molecule has 15 heavy (non-hydrogen) atoms. The van der Waals surface area contributed by atoms with Gasteiger partial charge < -0.3 is 4.74 Å². The van der Waals surface area contributed by atoms with Crippen molar-refractivity contribution in [2.45, 2.75) is 13.8 Å². The van der Waals surface area contributed by atoms with Gasteiger partial charge in [-0.25, -0.2) is 4.99 Å². The van der Waals surface area contributed by atoms with Gasteiger partial charge in [0.1, 0.15) is 5.76 Å². The monoisotopic (exact) mass is 203 g/mol. The Bertz CT molecular complexity index is 413. The van der Waals surface area contributed by atoms with E-state index in [0.29, 0.717) is 6.61 Å². The van der Waals surface area contributed by atoms with Crippen molar-refractivity contribution in [2.24, 2.45) is 10.9 Å². The quantitative estimate of drug-likeness (QED) is 0.688. The lowest BCUT2D eigenvalue weighted by molar-refractivity contribution is -0.113. The summed E-state index contributed by atoms with van der Waals surface area (Å²) in [6, 6.07) is 0. The van der Waals surface area contributed by atoms with Gasteiger partial charge in [0.2, 0.25) is 0 Å². The number of hydrogen-bond donors (Lipinski definition) is 0. The van der Waals surface area contributed by atoms with Crippen LogP contribution in [0.5, 0.6) is 0 Å². The fourth-order valence-corrected chi connectivity index (χ4v) is 1.75. The Morgan fingerprint density at radius 1 is 1.47 bits per heavy atom. The molecule has 3 heteroatoms. The van der Waals surface area contributed by atoms with E-state index in [0.717, 1.165) is 17.0 Å². The van der Waals surface area contributed by atoms with Crippen molar-refractivity contribution in [1.29, 1.82) is 0 Å². The van der Waals surface area contributed by atoms with E-state index in [1.165, 1.54) is 0 Å². The summed E-state index contributed by atoms with van der Waals surface area (Å²) < 4.78 is 5.41. The molecule has 1 unspecified atom stereocenters. The smallest absolute Gasteiger partial charge is 0.269 e. The Morgan fingerprint density at radius 2 is 2.27 bits per heavy atom. The highest BCUT2D eigenvalue weighted by atomic mass is 16.5. The SMILES string of the molecule is CCOC1=CC2C(C)=CC(=O)N=C2C=C1. The van der Waals surface area contributed by atoms with E-state index in [9.17, 15) is 4.79 Å². The van der Waals surface area contributed by atoms with Crippen LogP contribution in [0.4, 0.5) is 0 Å². The zero-order valence-corrected chi connectivity index (χ0v) is 8.86. The number of hydrogen-bond acceptors (Lipinski definition) is 2. The molecule has 0 bridgehead atoms. The Hall–Kier alpha value is -1.64. The molecule has 0 radical (unpaired) electrons. The molecule has 1 atom stereocenters. The van der Waals surface area contributed by atoms with Crippen molar-refractivity contribution in [3.8, 4) is 0 Å². The molecule has 1 amide bonds. The maximum absolute atomic E-state index is 11.2. The van der Waals surface area contributed by atoms with E-state index >= 15 is 0 Å². The average Bonchev–Trinajstić information content (AvgIpc) is 2.19. The van der Waals surface area contributed by atoms with Gasteiger partial charge >= 0.3 is 0 Å². The number of dihydropyridines is 1. The Kier molecular flexibility index (Phi) is 2.54. The van der Waals surface area contributed by atoms with Crippen LogP contribution < -0.4 is 0 Å². The van der Waals surface area contributed by atoms with Gasteiger partial charge in [-0.05, 0) is 32.1 Å². The summed E-state index contributed by atoms with van der Waals surface area (Å²) in [5, 5.41) is 0. The van der Waals surface area contributed by atoms with Gasteiger partial charge in [0.15, 0.2) is 0 Å². The Morgan fingerprint density at radius 3 is 3.00 bits per heavy atom. The third-order valence-corrected chi connectivity index (χ3v) is 2.46. The number of carbonyl (C=O) groups is 1. The summed E-state index contributed by atoms with van der Waals surface area (Å²) in [7, 11) is 0. The average molecular weight is 203 g/mol. The minimum Gasteiger partial charge on any atom is -0.494 e. The number of ether oxygens (including phenoxy) is 1. The topological polar surface area (TPSA) is 38.7 Å². The third kappa shape index (κ3) is 1.91. The fourth-order valence-electron chi connectivity index (χ4n) is 1.75. The maximum Gasteiger partial charge on any atom is 0.269 e. The molecule has 3 nitrogen and oxygen atoms in total. The molecule has 1 aliphatic carbocycles. The first kappa shape index (κ1) is 9.90. The van der Waals surface area contributed by atoms with Gasteiger partial charge in [-0.1, -0.05) is 5.57 Å². The molecule has 0 spiro atoms. The van der Waals surface area contributed by atoms with Gasteiger partial charge in [-0.15, -0.1) is 0 Å². The first-order valence-corrected chi connectivity index (χ1v) is 5.04. The first-order valence-electron chi connectivity index (χ1n) is 5.04. The zero-order valence-electron chi connectivity index (χ0n) is 8.86. The van der Waals surface area contributed by atoms with Crippen molar-refractivity contribution in [1.82, 2.24) is 0 Å². The van der Waals surface area contributed by atoms with Crippen molar-refractivity contribution in [3.63, 3.8) is 0 Å². The number of nitrogens with zero attached hydrogens (tertiary/aromatic N) is 1. The normalized spacial score (nSPS) is 24.0. The van der Waals surface area contributed by atoms with Crippen LogP contribution in [0.15, 0.2) is 40.6 Å². The summed E-state index contributed by atoms with van der Waals surface area (Å²) in [6.07, 6.45) is 7.28. The molecule has 2 aliphatic rings. The standard InChI is InChI=1S/C12H13NO2/c1-3-15-9-4-5-11-10(7-9)8(2)6-12(14)13-11/h4-7,10H,3H2,1-2H3. The number of rotatable bonds is 2. The van der Waals surface area contributed by atoms with Gasteiger partial charge in [-0.2, -0.15) is 0 Å². The van der Waals surface area contributed by atoms with Gasteiger partial charge in [0.25, 0.3) is 5.91 Å². The van der Waals surface area contributed by atoms with Crippen LogP contribution in [0.3, 0.4) is 0 Å². The molecule has 0 aromatic rings. The van der Waals surface area contributed by atoms with Crippen LogP contribution >= 0.6 is 0 Å². The van der Waals surface area contributed by atoms with Crippen LogP contribution in [0, 0.1) is 5.92 Å². The molecule has 0 saturated heterocycles. The maximum atomic E-state index is 11.2. The zero-order chi connectivity index (χ0) is 10.8. The third-order valence-electron chi connectivity index (χ3n) is 2.46. The van der Waals surface area contributed by atoms with E-state index in [-0.39, 0.29) is 11.8 Å². The largest absolute Gasteiger partial charge is 0.494 e. The highest BCUT2D eigenvalue weighted by molar-refractivity contribution is 6.12. The molecule has 0 aromatic carbocycles. The van der Waals surface area contributed by atoms with Gasteiger partial charge in [0.05, 0.1) is 12.3 Å². The van der Waals surface area contributed by atoms with E-state index in [4.69, 9.17) is 4.74 Å². The predicted octanol–water partition coefficient (Wildman–Crippen LogP) is 2.02. The molecular formula is C12H13NO2. The molecule has 1 heterocycles. The van der Waals surface area contributed by atoms with Crippen LogP contribution in [0.1, 0.15) is 13.8 Å². The molecule has 78 valence electrons. The summed E-state index contributed by atoms with van der Waals surface area (Å²) in [4.78, 5) is 15.1. The summed E-state index contributed by atoms with van der Waals surface area (Å²) in [5.74, 6) is 0.787. The molecule has 0 aromatic heterocycles. The second kappa shape index (κ2) is 3.85. The summed E-state index contributed by atoms with van der Waals surface area (Å²) in [6.45, 7) is 4.54. The Labute approximate surface area is 88.8 Å². The van der Waals surface area contributed by atoms with Crippen LogP contribution in [0.25, 0.3) is 0 Å². The number of amides is 1. The van der Waals surface area contributed by atoms with E-state index in [2.05, 4.69) is 4.99 Å². The molecule has 0 N–H and O–H groups in total. The van der Waals surface area contributed by atoms with Gasteiger partial charge in [-0.3, -0.25) is 4.79 Å². The molecular weight excluding hydrogens is 190 g/mol. The van der Waals surface area contributed by atoms with Crippen LogP contribution in [-0.4, -0.2) is 18.2 Å². The number of fused-ring (bicyclic) bond motifs is 1. The van der Waals surface area contributed by atoms with Crippen molar-refractivity contribution in [2.75, 3.05) is 6.61 Å². The molecule has 2 rings (SSSR count). The first-order chi connectivity index (χ1) is 7.20. The second-order valence-electron chi connectivity index (χ2n) is 3.58. The predicted molar refractivity (Wildman–Crippen MR) is 58.5 cm³/mol. The van der Waals surface area contributed by atoms with Crippen molar-refractivity contribution in [3.05, 3.63) is 35.6 Å². The van der Waals surface area contributed by atoms with E-state index < -0.39 is 0 Å².